The summed E-state index contributed by atoms with van der Waals surface area (Å²) in [7, 11) is 0. The molecule has 1 amide bonds. The van der Waals surface area contributed by atoms with Gasteiger partial charge < -0.3 is 5.32 Å². The largest absolute Gasteiger partial charge is 0.355 e. The van der Waals surface area contributed by atoms with E-state index in [-0.39, 0.29) is 23.7 Å². The van der Waals surface area contributed by atoms with E-state index in [1.807, 2.05) is 48.5 Å². The van der Waals surface area contributed by atoms with Crippen LogP contribution in [0.3, 0.4) is 0 Å². The molecule has 6 heteroatoms. The van der Waals surface area contributed by atoms with Crippen molar-refractivity contribution in [1.82, 2.24) is 5.32 Å². The molecule has 3 aromatic carbocycles. The van der Waals surface area contributed by atoms with Gasteiger partial charge in [-0.3, -0.25) is 4.79 Å². The lowest BCUT2D eigenvalue weighted by Crippen LogP contribution is -2.44. The van der Waals surface area contributed by atoms with Crippen LogP contribution < -0.4 is 5.32 Å². The van der Waals surface area contributed by atoms with Gasteiger partial charge >= 0.3 is 0 Å². The first-order chi connectivity index (χ1) is 16.4. The second-order valence-electron chi connectivity index (χ2n) is 9.42. The number of halogens is 3. The predicted molar refractivity (Wildman–Crippen MR) is 136 cm³/mol. The first-order valence-electron chi connectivity index (χ1n) is 11.4. The Bertz CT molecular complexity index is 1270. The Morgan fingerprint density at radius 2 is 1.65 bits per heavy atom. The summed E-state index contributed by atoms with van der Waals surface area (Å²) < 4.78 is 0. The average Bonchev–Trinajstić information content (AvgIpc) is 3.14. The second kappa shape index (κ2) is 9.27. The molecule has 1 aliphatic heterocycles. The Labute approximate surface area is 214 Å². The fraction of sp³-hybridized carbons (Fsp3) is 0.286. The number of rotatable bonds is 4. The van der Waals surface area contributed by atoms with Crippen molar-refractivity contribution in [3.05, 3.63) is 104 Å². The Morgan fingerprint density at radius 3 is 2.32 bits per heavy atom. The highest BCUT2D eigenvalue weighted by Gasteiger charge is 2.56. The van der Waals surface area contributed by atoms with E-state index in [2.05, 4.69) is 23.5 Å². The van der Waals surface area contributed by atoms with Crippen molar-refractivity contribution in [2.75, 3.05) is 6.54 Å². The third-order valence-electron chi connectivity index (χ3n) is 7.61. The molecule has 0 bridgehead atoms. The molecule has 1 unspecified atom stereocenters. The first-order valence-corrected chi connectivity index (χ1v) is 12.5. The van der Waals surface area contributed by atoms with E-state index in [0.29, 0.717) is 40.0 Å². The van der Waals surface area contributed by atoms with Gasteiger partial charge in [0, 0.05) is 21.6 Å². The normalized spacial score (nSPS) is 25.9. The Hall–Kier alpha value is -2.51. The van der Waals surface area contributed by atoms with Crippen molar-refractivity contribution in [1.29, 1.82) is 5.26 Å². The predicted octanol–water partition coefficient (Wildman–Crippen LogP) is 7.15. The minimum absolute atomic E-state index is 0.0458. The molecule has 3 nitrogen and oxygen atoms in total. The molecule has 0 radical (unpaired) electrons. The van der Waals surface area contributed by atoms with E-state index in [4.69, 9.17) is 40.1 Å². The molecule has 5 rings (SSSR count). The van der Waals surface area contributed by atoms with Crippen LogP contribution in [0.1, 0.15) is 46.9 Å². The summed E-state index contributed by atoms with van der Waals surface area (Å²) in [5, 5.41) is 14.2. The summed E-state index contributed by atoms with van der Waals surface area (Å²) >= 11 is 19.1. The lowest BCUT2D eigenvalue weighted by atomic mass is 9.56. The molecular formula is C28H23Cl3N2O. The monoisotopic (exact) mass is 508 g/mol. The molecule has 2 aliphatic rings. The number of nitrogens with one attached hydrogen (secondary N) is 1. The van der Waals surface area contributed by atoms with Gasteiger partial charge in [0.2, 0.25) is 5.91 Å². The van der Waals surface area contributed by atoms with Gasteiger partial charge in [-0.05, 0) is 90.1 Å². The number of carbonyl (C=O) groups is 1. The fourth-order valence-corrected chi connectivity index (χ4v) is 6.59. The summed E-state index contributed by atoms with van der Waals surface area (Å²) in [6.07, 6.45) is 2.17. The maximum absolute atomic E-state index is 13.4. The zero-order chi connectivity index (χ0) is 23.9. The quantitative estimate of drug-likeness (QED) is 0.406. The van der Waals surface area contributed by atoms with Gasteiger partial charge in [-0.1, -0.05) is 65.1 Å². The topological polar surface area (TPSA) is 52.9 Å². The SMILES string of the molecule is N#Cc1ccc(C[C@@]23CC(c4ccc(Cl)cc4Cl)[C@@H](c4ccc(Cl)cc4)C[C@@H]2CNC3=O)cc1. The minimum atomic E-state index is -0.537. The summed E-state index contributed by atoms with van der Waals surface area (Å²) in [4.78, 5) is 13.4. The third-order valence-corrected chi connectivity index (χ3v) is 8.43. The molecule has 3 aromatic rings. The van der Waals surface area contributed by atoms with Gasteiger partial charge in [0.1, 0.15) is 0 Å². The molecule has 1 saturated carbocycles. The van der Waals surface area contributed by atoms with Gasteiger partial charge in [0.05, 0.1) is 17.0 Å². The lowest BCUT2D eigenvalue weighted by molar-refractivity contribution is -0.131. The van der Waals surface area contributed by atoms with Crippen molar-refractivity contribution in [3.63, 3.8) is 0 Å². The maximum atomic E-state index is 13.4. The Morgan fingerprint density at radius 1 is 0.941 bits per heavy atom. The number of benzene rings is 3. The minimum Gasteiger partial charge on any atom is -0.355 e. The van der Waals surface area contributed by atoms with Gasteiger partial charge in [0.25, 0.3) is 0 Å². The van der Waals surface area contributed by atoms with Crippen LogP contribution in [0.5, 0.6) is 0 Å². The van der Waals surface area contributed by atoms with E-state index in [1.165, 1.54) is 5.56 Å². The molecule has 34 heavy (non-hydrogen) atoms. The molecular weight excluding hydrogens is 487 g/mol. The zero-order valence-corrected chi connectivity index (χ0v) is 20.7. The average molecular weight is 510 g/mol. The van der Waals surface area contributed by atoms with Crippen molar-refractivity contribution in [3.8, 4) is 6.07 Å². The van der Waals surface area contributed by atoms with Gasteiger partial charge in [-0.15, -0.1) is 0 Å². The molecule has 1 heterocycles. The van der Waals surface area contributed by atoms with Crippen LogP contribution >= 0.6 is 34.8 Å². The van der Waals surface area contributed by atoms with Gasteiger partial charge in [0.15, 0.2) is 0 Å². The number of amides is 1. The Balaban J connectivity index is 1.58. The number of carbonyl (C=O) groups excluding carboxylic acids is 1. The van der Waals surface area contributed by atoms with Crippen LogP contribution in [0.4, 0.5) is 0 Å². The molecule has 1 aliphatic carbocycles. The summed E-state index contributed by atoms with van der Waals surface area (Å²) in [5.41, 5.74) is 3.36. The van der Waals surface area contributed by atoms with E-state index >= 15 is 0 Å². The van der Waals surface area contributed by atoms with Crippen LogP contribution in [0, 0.1) is 22.7 Å². The molecule has 2 fully saturated rings. The number of fused-ring (bicyclic) bond motifs is 1. The highest BCUT2D eigenvalue weighted by molar-refractivity contribution is 6.35. The smallest absolute Gasteiger partial charge is 0.226 e. The van der Waals surface area contributed by atoms with Crippen molar-refractivity contribution in [2.24, 2.45) is 11.3 Å². The molecule has 0 spiro atoms. The second-order valence-corrected chi connectivity index (χ2v) is 10.7. The summed E-state index contributed by atoms with van der Waals surface area (Å²) in [5.74, 6) is 0.539. The molecule has 1 saturated heterocycles. The van der Waals surface area contributed by atoms with Crippen LogP contribution in [-0.4, -0.2) is 12.5 Å². The number of hydrogen-bond donors (Lipinski definition) is 1. The number of nitrogens with zero attached hydrogens (tertiary/aromatic N) is 1. The molecule has 4 atom stereocenters. The zero-order valence-electron chi connectivity index (χ0n) is 18.4. The van der Waals surface area contributed by atoms with Crippen LogP contribution in [0.25, 0.3) is 0 Å². The summed E-state index contributed by atoms with van der Waals surface area (Å²) in [6, 6.07) is 23.4. The van der Waals surface area contributed by atoms with Crippen LogP contribution in [0.15, 0.2) is 66.7 Å². The van der Waals surface area contributed by atoms with Crippen molar-refractivity contribution < 1.29 is 4.79 Å². The third kappa shape index (κ3) is 4.20. The van der Waals surface area contributed by atoms with E-state index in [1.54, 1.807) is 6.07 Å². The molecule has 0 aromatic heterocycles. The van der Waals surface area contributed by atoms with Crippen LogP contribution in [0.2, 0.25) is 15.1 Å². The number of hydrogen-bond acceptors (Lipinski definition) is 2. The lowest BCUT2D eigenvalue weighted by Gasteiger charge is -2.46. The van der Waals surface area contributed by atoms with Gasteiger partial charge in [-0.2, -0.15) is 5.26 Å². The van der Waals surface area contributed by atoms with Crippen molar-refractivity contribution >= 4 is 40.7 Å². The first kappa shape index (κ1) is 23.2. The summed E-state index contributed by atoms with van der Waals surface area (Å²) in [6.45, 7) is 0.667. The highest BCUT2D eigenvalue weighted by Crippen LogP contribution is 2.58. The fourth-order valence-electron chi connectivity index (χ4n) is 5.91. The highest BCUT2D eigenvalue weighted by atomic mass is 35.5. The van der Waals surface area contributed by atoms with E-state index in [9.17, 15) is 4.79 Å². The molecule has 172 valence electrons. The Kier molecular flexibility index (Phi) is 6.34. The van der Waals surface area contributed by atoms with Crippen LogP contribution in [-0.2, 0) is 11.2 Å². The standard InChI is InChI=1S/C28H23Cl3N2O/c29-21-7-5-19(6-8-21)24-11-20-16-33-27(34)28(20,13-17-1-3-18(15-32)4-2-17)14-25(24)23-10-9-22(30)12-26(23)31/h1-10,12,20,24-25H,11,13-14,16H2,(H,33,34)/t20-,24-,25?,28-/m1/s1. The van der Waals surface area contributed by atoms with E-state index in [0.717, 1.165) is 17.5 Å². The number of nitriles is 1. The van der Waals surface area contributed by atoms with E-state index < -0.39 is 5.41 Å². The van der Waals surface area contributed by atoms with Crippen molar-refractivity contribution in [2.45, 2.75) is 31.1 Å². The van der Waals surface area contributed by atoms with Gasteiger partial charge in [-0.25, -0.2) is 0 Å². The molecule has 1 N–H and O–H groups in total. The maximum Gasteiger partial charge on any atom is 0.226 e.